The molecule has 0 aliphatic carbocycles. The van der Waals surface area contributed by atoms with Gasteiger partial charge in [-0.15, -0.1) is 0 Å². The molecule has 2 aromatic carbocycles. The molecule has 0 saturated heterocycles. The maximum atomic E-state index is 11.9. The summed E-state index contributed by atoms with van der Waals surface area (Å²) in [4.78, 5) is 11.9. The van der Waals surface area contributed by atoms with Crippen LogP contribution in [0.25, 0.3) is 0 Å². The Kier molecular flexibility index (Phi) is 7.87. The Labute approximate surface area is 146 Å². The maximum absolute atomic E-state index is 11.9. The molecule has 0 amide bonds. The second-order valence-corrected chi connectivity index (χ2v) is 4.87. The molecule has 0 heterocycles. The van der Waals surface area contributed by atoms with E-state index in [1.807, 2.05) is 30.3 Å². The lowest BCUT2D eigenvalue weighted by atomic mass is 10.2. The molecule has 0 bridgehead atoms. The van der Waals surface area contributed by atoms with Gasteiger partial charge in [-0.05, 0) is 36.4 Å². The highest BCUT2D eigenvalue weighted by molar-refractivity contribution is 5.89. The van der Waals surface area contributed by atoms with Gasteiger partial charge in [0.15, 0.2) is 0 Å². The van der Waals surface area contributed by atoms with Crippen molar-refractivity contribution in [2.45, 2.75) is 0 Å². The fourth-order valence-corrected chi connectivity index (χ4v) is 1.84. The summed E-state index contributed by atoms with van der Waals surface area (Å²) < 4.78 is 15.3. The Hall–Kier alpha value is -2.99. The summed E-state index contributed by atoms with van der Waals surface area (Å²) >= 11 is 0. The number of ether oxygens (including phenoxy) is 3. The molecule has 25 heavy (non-hydrogen) atoms. The molecule has 0 radical (unpaired) electrons. The first-order chi connectivity index (χ1) is 12.3. The van der Waals surface area contributed by atoms with E-state index in [0.717, 1.165) is 5.69 Å². The first-order valence-corrected chi connectivity index (χ1v) is 7.84. The van der Waals surface area contributed by atoms with Gasteiger partial charge in [0.2, 0.25) is 0 Å². The predicted molar refractivity (Wildman–Crippen MR) is 94.3 cm³/mol. The van der Waals surface area contributed by atoms with Crippen molar-refractivity contribution in [2.75, 3.05) is 26.4 Å². The van der Waals surface area contributed by atoms with E-state index in [-0.39, 0.29) is 6.61 Å². The first-order valence-electron chi connectivity index (χ1n) is 7.84. The van der Waals surface area contributed by atoms with Crippen molar-refractivity contribution in [1.29, 1.82) is 0 Å². The van der Waals surface area contributed by atoms with Gasteiger partial charge in [-0.1, -0.05) is 24.8 Å². The molecule has 2 aromatic rings. The third-order valence-electron chi connectivity index (χ3n) is 3.06. The topological polar surface area (TPSA) is 69.5 Å². The number of esters is 1. The van der Waals surface area contributed by atoms with Crippen LogP contribution in [0.4, 0.5) is 11.4 Å². The average molecular weight is 340 g/mol. The van der Waals surface area contributed by atoms with E-state index in [9.17, 15) is 4.79 Å². The van der Waals surface area contributed by atoms with Crippen LogP contribution in [-0.4, -0.2) is 32.4 Å². The van der Waals surface area contributed by atoms with Crippen molar-refractivity contribution in [3.63, 3.8) is 0 Å². The first kappa shape index (κ1) is 18.4. The van der Waals surface area contributed by atoms with Crippen LogP contribution < -0.4 is 0 Å². The van der Waals surface area contributed by atoms with Gasteiger partial charge in [0, 0.05) is 0 Å². The standard InChI is InChI=1S/C19H20N2O4/c1-2-23-12-13-24-14-15-25-19(22)16-8-10-18(11-9-16)21-20-17-6-4-3-5-7-17/h2-11H,1,12-15H2. The maximum Gasteiger partial charge on any atom is 0.338 e. The Balaban J connectivity index is 1.74. The molecule has 0 N–H and O–H groups in total. The van der Waals surface area contributed by atoms with Crippen molar-refractivity contribution < 1.29 is 19.0 Å². The van der Waals surface area contributed by atoms with E-state index in [1.165, 1.54) is 6.26 Å². The molecule has 6 nitrogen and oxygen atoms in total. The summed E-state index contributed by atoms with van der Waals surface area (Å²) in [6.07, 6.45) is 1.35. The highest BCUT2D eigenvalue weighted by Crippen LogP contribution is 2.18. The normalized spacial score (nSPS) is 10.6. The Bertz CT molecular complexity index is 684. The van der Waals surface area contributed by atoms with Crippen molar-refractivity contribution in [2.24, 2.45) is 10.2 Å². The number of azo groups is 1. The SMILES string of the molecule is C=COCCOCCOC(=O)c1ccc(N=Nc2ccccc2)cc1. The summed E-state index contributed by atoms with van der Waals surface area (Å²) in [5, 5.41) is 8.24. The van der Waals surface area contributed by atoms with Crippen LogP contribution in [0.3, 0.4) is 0 Å². The van der Waals surface area contributed by atoms with Gasteiger partial charge < -0.3 is 14.2 Å². The quantitative estimate of drug-likeness (QED) is 0.277. The Morgan fingerprint density at radius 1 is 0.880 bits per heavy atom. The van der Waals surface area contributed by atoms with Crippen LogP contribution in [0, 0.1) is 0 Å². The molecule has 0 aromatic heterocycles. The number of hydrogen-bond acceptors (Lipinski definition) is 6. The largest absolute Gasteiger partial charge is 0.499 e. The number of carbonyl (C=O) groups excluding carboxylic acids is 1. The van der Waals surface area contributed by atoms with E-state index in [4.69, 9.17) is 14.2 Å². The smallest absolute Gasteiger partial charge is 0.338 e. The average Bonchev–Trinajstić information content (AvgIpc) is 2.67. The molecule has 0 saturated carbocycles. The predicted octanol–water partition coefficient (Wildman–Crippen LogP) is 4.44. The van der Waals surface area contributed by atoms with Gasteiger partial charge >= 0.3 is 5.97 Å². The molecular weight excluding hydrogens is 320 g/mol. The zero-order valence-corrected chi connectivity index (χ0v) is 13.8. The third kappa shape index (κ3) is 6.97. The van der Waals surface area contributed by atoms with Crippen molar-refractivity contribution in [3.8, 4) is 0 Å². The Morgan fingerprint density at radius 2 is 1.52 bits per heavy atom. The highest BCUT2D eigenvalue weighted by Gasteiger charge is 2.06. The number of hydrogen-bond donors (Lipinski definition) is 0. The minimum absolute atomic E-state index is 0.183. The zero-order valence-electron chi connectivity index (χ0n) is 13.8. The van der Waals surface area contributed by atoms with Crippen LogP contribution in [0.1, 0.15) is 10.4 Å². The van der Waals surface area contributed by atoms with E-state index < -0.39 is 5.97 Å². The summed E-state index contributed by atoms with van der Waals surface area (Å²) in [6, 6.07) is 16.2. The number of benzene rings is 2. The summed E-state index contributed by atoms with van der Waals surface area (Å²) in [5.74, 6) is -0.405. The fraction of sp³-hybridized carbons (Fsp3) is 0.211. The second-order valence-electron chi connectivity index (χ2n) is 4.87. The monoisotopic (exact) mass is 340 g/mol. The molecule has 0 spiro atoms. The second kappa shape index (κ2) is 10.7. The van der Waals surface area contributed by atoms with Gasteiger partial charge in [0.25, 0.3) is 0 Å². The molecule has 0 fully saturated rings. The summed E-state index contributed by atoms with van der Waals surface area (Å²) in [6.45, 7) is 4.77. The molecule has 0 aliphatic rings. The van der Waals surface area contributed by atoms with Crippen molar-refractivity contribution in [1.82, 2.24) is 0 Å². The minimum atomic E-state index is -0.405. The van der Waals surface area contributed by atoms with Crippen LogP contribution in [0.5, 0.6) is 0 Å². The summed E-state index contributed by atoms with van der Waals surface area (Å²) in [7, 11) is 0. The van der Waals surface area contributed by atoms with Gasteiger partial charge in [-0.3, -0.25) is 0 Å². The van der Waals surface area contributed by atoms with Crippen LogP contribution >= 0.6 is 0 Å². The molecule has 0 atom stereocenters. The van der Waals surface area contributed by atoms with Gasteiger partial charge in [-0.25, -0.2) is 4.79 Å². The minimum Gasteiger partial charge on any atom is -0.499 e. The van der Waals surface area contributed by atoms with E-state index in [1.54, 1.807) is 24.3 Å². The van der Waals surface area contributed by atoms with Crippen molar-refractivity contribution >= 4 is 17.3 Å². The summed E-state index contributed by atoms with van der Waals surface area (Å²) in [5.41, 5.74) is 1.88. The number of carbonyl (C=O) groups is 1. The molecule has 2 rings (SSSR count). The van der Waals surface area contributed by atoms with Gasteiger partial charge in [0.1, 0.15) is 13.2 Å². The van der Waals surface area contributed by atoms with Gasteiger partial charge in [-0.2, -0.15) is 10.2 Å². The lowest BCUT2D eigenvalue weighted by molar-refractivity contribution is 0.0246. The van der Waals surface area contributed by atoms with Gasteiger partial charge in [0.05, 0.1) is 36.4 Å². The van der Waals surface area contributed by atoms with Crippen LogP contribution in [0.2, 0.25) is 0 Å². The molecule has 0 aliphatic heterocycles. The molecule has 6 heteroatoms. The molecule has 0 unspecified atom stereocenters. The Morgan fingerprint density at radius 3 is 2.20 bits per heavy atom. The number of nitrogens with zero attached hydrogens (tertiary/aromatic N) is 2. The molecule has 130 valence electrons. The van der Waals surface area contributed by atoms with Crippen molar-refractivity contribution in [3.05, 3.63) is 73.0 Å². The third-order valence-corrected chi connectivity index (χ3v) is 3.06. The molecular formula is C19H20N2O4. The van der Waals surface area contributed by atoms with Crippen LogP contribution in [0.15, 0.2) is 77.7 Å². The lowest BCUT2D eigenvalue weighted by Gasteiger charge is -2.06. The van der Waals surface area contributed by atoms with E-state index in [0.29, 0.717) is 31.1 Å². The van der Waals surface area contributed by atoms with Crippen LogP contribution in [-0.2, 0) is 14.2 Å². The highest BCUT2D eigenvalue weighted by atomic mass is 16.6. The van der Waals surface area contributed by atoms with E-state index in [2.05, 4.69) is 16.8 Å². The zero-order chi connectivity index (χ0) is 17.7. The van der Waals surface area contributed by atoms with E-state index >= 15 is 0 Å². The number of rotatable bonds is 10. The fourth-order valence-electron chi connectivity index (χ4n) is 1.84. The lowest BCUT2D eigenvalue weighted by Crippen LogP contribution is -2.12.